The summed E-state index contributed by atoms with van der Waals surface area (Å²) in [7, 11) is 0. The van der Waals surface area contributed by atoms with Gasteiger partial charge in [0.25, 0.3) is 0 Å². The van der Waals surface area contributed by atoms with Crippen LogP contribution in [-0.2, 0) is 13.0 Å². The minimum absolute atomic E-state index is 0.0346. The van der Waals surface area contributed by atoms with Crippen molar-refractivity contribution in [2.45, 2.75) is 13.0 Å². The van der Waals surface area contributed by atoms with Crippen LogP contribution in [-0.4, -0.2) is 31.7 Å². The minimum Gasteiger partial charge on any atom is -0.394 e. The summed E-state index contributed by atoms with van der Waals surface area (Å²) in [5, 5.41) is 21.4. The standard InChI is InChI=1S/C21H18F2N4O/c22-17-8-16(9-18(23)11-17)7-14-1-3-20-19(10-14)21(26-25-20)4-2-15-12-24-27(13-15)5-6-28/h1-4,8-13,28H,5-7H2,(H,25,26)/b4-2+. The number of aliphatic hydroxyl groups excluding tert-OH is 1. The first-order chi connectivity index (χ1) is 13.6. The molecule has 0 atom stereocenters. The zero-order valence-electron chi connectivity index (χ0n) is 14.9. The predicted octanol–water partition coefficient (Wildman–Crippen LogP) is 3.79. The Hall–Kier alpha value is -3.32. The molecule has 0 saturated heterocycles. The van der Waals surface area contributed by atoms with Crippen molar-refractivity contribution < 1.29 is 13.9 Å². The number of nitrogens with one attached hydrogen (secondary N) is 1. The third kappa shape index (κ3) is 3.99. The van der Waals surface area contributed by atoms with E-state index in [-0.39, 0.29) is 6.61 Å². The van der Waals surface area contributed by atoms with Gasteiger partial charge in [0.1, 0.15) is 11.6 Å². The second-order valence-electron chi connectivity index (χ2n) is 6.54. The monoisotopic (exact) mass is 380 g/mol. The van der Waals surface area contributed by atoms with Crippen LogP contribution in [0, 0.1) is 11.6 Å². The van der Waals surface area contributed by atoms with E-state index in [4.69, 9.17) is 5.11 Å². The summed E-state index contributed by atoms with van der Waals surface area (Å²) < 4.78 is 28.5. The Kier molecular flexibility index (Phi) is 4.99. The minimum atomic E-state index is -0.579. The summed E-state index contributed by atoms with van der Waals surface area (Å²) in [6.45, 7) is 0.482. The van der Waals surface area contributed by atoms with Gasteiger partial charge in [-0.15, -0.1) is 0 Å². The van der Waals surface area contributed by atoms with Crippen molar-refractivity contribution in [3.05, 3.63) is 82.8 Å². The molecule has 0 aliphatic carbocycles. The third-order valence-electron chi connectivity index (χ3n) is 4.40. The van der Waals surface area contributed by atoms with Crippen LogP contribution in [0.2, 0.25) is 0 Å². The molecule has 5 nitrogen and oxygen atoms in total. The number of halogens is 2. The maximum absolute atomic E-state index is 13.4. The molecule has 0 aliphatic rings. The molecule has 0 bridgehead atoms. The summed E-state index contributed by atoms with van der Waals surface area (Å²) in [6, 6.07) is 9.34. The lowest BCUT2D eigenvalue weighted by Gasteiger charge is -2.03. The number of fused-ring (bicyclic) bond motifs is 1. The van der Waals surface area contributed by atoms with E-state index in [1.807, 2.05) is 36.5 Å². The number of nitrogens with zero attached hydrogens (tertiary/aromatic N) is 3. The largest absolute Gasteiger partial charge is 0.394 e. The molecule has 0 unspecified atom stereocenters. The number of aromatic amines is 1. The Bertz CT molecular complexity index is 1130. The van der Waals surface area contributed by atoms with E-state index >= 15 is 0 Å². The number of benzene rings is 2. The van der Waals surface area contributed by atoms with Crippen molar-refractivity contribution >= 4 is 23.1 Å². The molecule has 2 aromatic heterocycles. The quantitative estimate of drug-likeness (QED) is 0.535. The molecule has 0 fully saturated rings. The average Bonchev–Trinajstić information content (AvgIpc) is 3.26. The zero-order chi connectivity index (χ0) is 19.5. The highest BCUT2D eigenvalue weighted by Gasteiger charge is 2.07. The summed E-state index contributed by atoms with van der Waals surface area (Å²) >= 11 is 0. The summed E-state index contributed by atoms with van der Waals surface area (Å²) in [5.74, 6) is -1.16. The first-order valence-corrected chi connectivity index (χ1v) is 8.84. The van der Waals surface area contributed by atoms with Crippen LogP contribution < -0.4 is 0 Å². The van der Waals surface area contributed by atoms with Crippen LogP contribution in [0.15, 0.2) is 48.8 Å². The van der Waals surface area contributed by atoms with Crippen LogP contribution in [0.4, 0.5) is 8.78 Å². The van der Waals surface area contributed by atoms with Gasteiger partial charge in [0.2, 0.25) is 0 Å². The van der Waals surface area contributed by atoms with E-state index in [2.05, 4.69) is 15.3 Å². The molecule has 2 N–H and O–H groups in total. The van der Waals surface area contributed by atoms with E-state index in [9.17, 15) is 8.78 Å². The number of hydrogen-bond donors (Lipinski definition) is 2. The van der Waals surface area contributed by atoms with Crippen LogP contribution in [0.1, 0.15) is 22.4 Å². The van der Waals surface area contributed by atoms with Crippen LogP contribution in [0.25, 0.3) is 23.1 Å². The normalized spacial score (nSPS) is 11.7. The molecule has 28 heavy (non-hydrogen) atoms. The van der Waals surface area contributed by atoms with Crippen LogP contribution in [0.3, 0.4) is 0 Å². The van der Waals surface area contributed by atoms with E-state index < -0.39 is 11.6 Å². The SMILES string of the molecule is OCCn1cc(/C=C/c2n[nH]c3ccc(Cc4cc(F)cc(F)c4)cc23)cn1. The van der Waals surface area contributed by atoms with Gasteiger partial charge in [-0.25, -0.2) is 8.78 Å². The first kappa shape index (κ1) is 18.1. The molecular weight excluding hydrogens is 362 g/mol. The number of aliphatic hydroxyl groups is 1. The van der Waals surface area contributed by atoms with E-state index in [1.165, 1.54) is 12.1 Å². The van der Waals surface area contributed by atoms with Crippen molar-refractivity contribution in [2.75, 3.05) is 6.61 Å². The summed E-state index contributed by atoms with van der Waals surface area (Å²) in [6.07, 6.45) is 7.75. The molecule has 0 amide bonds. The van der Waals surface area contributed by atoms with Gasteiger partial charge in [-0.2, -0.15) is 10.2 Å². The molecule has 0 radical (unpaired) electrons. The summed E-state index contributed by atoms with van der Waals surface area (Å²) in [4.78, 5) is 0. The van der Waals surface area contributed by atoms with Crippen molar-refractivity contribution in [3.8, 4) is 0 Å². The van der Waals surface area contributed by atoms with Gasteiger partial charge in [0.05, 0.1) is 30.6 Å². The number of rotatable bonds is 6. The number of H-pyrrole nitrogens is 1. The number of aromatic nitrogens is 4. The first-order valence-electron chi connectivity index (χ1n) is 8.84. The Labute approximate surface area is 159 Å². The molecule has 4 rings (SSSR count). The molecule has 4 aromatic rings. The smallest absolute Gasteiger partial charge is 0.126 e. The maximum atomic E-state index is 13.4. The van der Waals surface area contributed by atoms with Crippen molar-refractivity contribution in [1.29, 1.82) is 0 Å². The van der Waals surface area contributed by atoms with Crippen molar-refractivity contribution in [3.63, 3.8) is 0 Å². The van der Waals surface area contributed by atoms with Gasteiger partial charge in [-0.3, -0.25) is 9.78 Å². The molecule has 7 heteroatoms. The third-order valence-corrected chi connectivity index (χ3v) is 4.40. The molecular formula is C21H18F2N4O. The summed E-state index contributed by atoms with van der Waals surface area (Å²) in [5.41, 5.74) is 4.05. The Morgan fingerprint density at radius 1 is 1.04 bits per heavy atom. The van der Waals surface area contributed by atoms with Gasteiger partial charge in [0, 0.05) is 23.2 Å². The maximum Gasteiger partial charge on any atom is 0.126 e. The van der Waals surface area contributed by atoms with E-state index in [1.54, 1.807) is 10.9 Å². The molecule has 2 aromatic carbocycles. The van der Waals surface area contributed by atoms with Gasteiger partial charge < -0.3 is 5.11 Å². The van der Waals surface area contributed by atoms with Gasteiger partial charge in [-0.1, -0.05) is 6.07 Å². The van der Waals surface area contributed by atoms with E-state index in [0.29, 0.717) is 18.5 Å². The molecule has 0 spiro atoms. The highest BCUT2D eigenvalue weighted by atomic mass is 19.1. The Morgan fingerprint density at radius 2 is 1.86 bits per heavy atom. The second kappa shape index (κ2) is 7.74. The molecule has 2 heterocycles. The highest BCUT2D eigenvalue weighted by molar-refractivity contribution is 5.89. The Balaban J connectivity index is 1.59. The van der Waals surface area contributed by atoms with Crippen LogP contribution in [0.5, 0.6) is 0 Å². The fraction of sp³-hybridized carbons (Fsp3) is 0.143. The molecule has 0 saturated carbocycles. The highest BCUT2D eigenvalue weighted by Crippen LogP contribution is 2.22. The lowest BCUT2D eigenvalue weighted by Crippen LogP contribution is -2.01. The predicted molar refractivity (Wildman–Crippen MR) is 103 cm³/mol. The fourth-order valence-electron chi connectivity index (χ4n) is 3.13. The molecule has 142 valence electrons. The van der Waals surface area contributed by atoms with Crippen molar-refractivity contribution in [1.82, 2.24) is 20.0 Å². The molecule has 0 aliphatic heterocycles. The van der Waals surface area contributed by atoms with Gasteiger partial charge in [0.15, 0.2) is 0 Å². The van der Waals surface area contributed by atoms with Gasteiger partial charge in [-0.05, 0) is 54.0 Å². The lowest BCUT2D eigenvalue weighted by atomic mass is 10.0. The van der Waals surface area contributed by atoms with Crippen LogP contribution >= 0.6 is 0 Å². The van der Waals surface area contributed by atoms with Crippen molar-refractivity contribution in [2.24, 2.45) is 0 Å². The number of hydrogen-bond acceptors (Lipinski definition) is 3. The second-order valence-corrected chi connectivity index (χ2v) is 6.54. The average molecular weight is 380 g/mol. The zero-order valence-corrected chi connectivity index (χ0v) is 14.9. The fourth-order valence-corrected chi connectivity index (χ4v) is 3.13. The topological polar surface area (TPSA) is 66.7 Å². The lowest BCUT2D eigenvalue weighted by molar-refractivity contribution is 0.269. The van der Waals surface area contributed by atoms with Gasteiger partial charge >= 0.3 is 0 Å². The Morgan fingerprint density at radius 3 is 2.64 bits per heavy atom. The van der Waals surface area contributed by atoms with E-state index in [0.717, 1.165) is 33.8 Å².